The number of carbonyl (C=O) groups is 1. The first-order chi connectivity index (χ1) is 11.7. The van der Waals surface area contributed by atoms with E-state index >= 15 is 0 Å². The third kappa shape index (κ3) is 3.95. The van der Waals surface area contributed by atoms with Crippen LogP contribution in [-0.4, -0.2) is 22.4 Å². The quantitative estimate of drug-likeness (QED) is 0.732. The Morgan fingerprint density at radius 1 is 0.958 bits per heavy atom. The molecule has 0 radical (unpaired) electrons. The maximum Gasteiger partial charge on any atom is 0.267 e. The molecule has 1 aromatic heterocycles. The van der Waals surface area contributed by atoms with Crippen LogP contribution in [0, 0.1) is 0 Å². The summed E-state index contributed by atoms with van der Waals surface area (Å²) in [4.78, 5) is 20.3. The molecule has 0 bridgehead atoms. The predicted octanol–water partition coefficient (Wildman–Crippen LogP) is 2.90. The average Bonchev–Trinajstić information content (AvgIpc) is 2.63. The van der Waals surface area contributed by atoms with Gasteiger partial charge < -0.3 is 11.1 Å². The van der Waals surface area contributed by atoms with E-state index in [2.05, 4.69) is 27.4 Å². The molecule has 0 aliphatic rings. The lowest BCUT2D eigenvalue weighted by atomic mass is 10.1. The summed E-state index contributed by atoms with van der Waals surface area (Å²) in [6, 6.07) is 21.3. The number of hydrogen-bond acceptors (Lipinski definition) is 4. The summed E-state index contributed by atoms with van der Waals surface area (Å²) in [5.74, 6) is 0.503. The Kier molecular flexibility index (Phi) is 4.81. The minimum atomic E-state index is -0.569. The zero-order valence-electron chi connectivity index (χ0n) is 13.1. The molecule has 1 heterocycles. The van der Waals surface area contributed by atoms with Crippen molar-refractivity contribution in [2.45, 2.75) is 6.42 Å². The van der Waals surface area contributed by atoms with Crippen LogP contribution in [0.25, 0.3) is 11.4 Å². The van der Waals surface area contributed by atoms with Crippen molar-refractivity contribution in [3.05, 3.63) is 78.0 Å². The maximum absolute atomic E-state index is 11.5. The molecule has 5 nitrogen and oxygen atoms in total. The van der Waals surface area contributed by atoms with Crippen molar-refractivity contribution in [3.63, 3.8) is 0 Å². The maximum atomic E-state index is 11.5. The number of anilines is 1. The topological polar surface area (TPSA) is 80.9 Å². The molecule has 24 heavy (non-hydrogen) atoms. The molecule has 0 aliphatic carbocycles. The van der Waals surface area contributed by atoms with E-state index in [-0.39, 0.29) is 5.69 Å². The van der Waals surface area contributed by atoms with Crippen LogP contribution in [0.4, 0.5) is 5.82 Å². The smallest absolute Gasteiger partial charge is 0.267 e. The van der Waals surface area contributed by atoms with Crippen LogP contribution >= 0.6 is 0 Å². The molecule has 3 aromatic rings. The van der Waals surface area contributed by atoms with Crippen molar-refractivity contribution in [2.75, 3.05) is 11.9 Å². The highest BCUT2D eigenvalue weighted by Gasteiger charge is 2.10. The van der Waals surface area contributed by atoms with Gasteiger partial charge in [0.1, 0.15) is 11.5 Å². The van der Waals surface area contributed by atoms with Crippen LogP contribution in [-0.2, 0) is 6.42 Å². The Morgan fingerprint density at radius 3 is 2.29 bits per heavy atom. The summed E-state index contributed by atoms with van der Waals surface area (Å²) >= 11 is 0. The second-order valence-corrected chi connectivity index (χ2v) is 5.35. The highest BCUT2D eigenvalue weighted by atomic mass is 16.1. The summed E-state index contributed by atoms with van der Waals surface area (Å²) in [6.07, 6.45) is 0.859. The first kappa shape index (κ1) is 15.7. The van der Waals surface area contributed by atoms with Gasteiger partial charge in [-0.25, -0.2) is 9.97 Å². The zero-order valence-corrected chi connectivity index (χ0v) is 13.1. The van der Waals surface area contributed by atoms with Gasteiger partial charge >= 0.3 is 0 Å². The summed E-state index contributed by atoms with van der Waals surface area (Å²) in [6.45, 7) is 0.702. The number of aromatic nitrogens is 2. The number of nitrogens with one attached hydrogen (secondary N) is 1. The molecule has 3 N–H and O–H groups in total. The minimum Gasteiger partial charge on any atom is -0.370 e. The minimum absolute atomic E-state index is 0.200. The van der Waals surface area contributed by atoms with Gasteiger partial charge in [-0.15, -0.1) is 0 Å². The van der Waals surface area contributed by atoms with Crippen molar-refractivity contribution in [3.8, 4) is 11.4 Å². The van der Waals surface area contributed by atoms with E-state index in [4.69, 9.17) is 5.73 Å². The summed E-state index contributed by atoms with van der Waals surface area (Å²) in [5, 5.41) is 3.24. The Hall–Kier alpha value is -3.21. The molecule has 1 amide bonds. The molecule has 0 aliphatic heterocycles. The number of amides is 1. The normalized spacial score (nSPS) is 10.3. The third-order valence-corrected chi connectivity index (χ3v) is 3.57. The Balaban J connectivity index is 1.79. The van der Waals surface area contributed by atoms with Gasteiger partial charge in [-0.3, -0.25) is 4.79 Å². The van der Waals surface area contributed by atoms with Gasteiger partial charge in [0.15, 0.2) is 5.82 Å². The van der Waals surface area contributed by atoms with Gasteiger partial charge in [0, 0.05) is 18.2 Å². The predicted molar refractivity (Wildman–Crippen MR) is 94.6 cm³/mol. The third-order valence-electron chi connectivity index (χ3n) is 3.57. The average molecular weight is 318 g/mol. The summed E-state index contributed by atoms with van der Waals surface area (Å²) < 4.78 is 0. The van der Waals surface area contributed by atoms with Crippen LogP contribution in [0.15, 0.2) is 66.7 Å². The van der Waals surface area contributed by atoms with Gasteiger partial charge in [-0.2, -0.15) is 0 Å². The number of nitrogens with zero attached hydrogens (tertiary/aromatic N) is 2. The van der Waals surface area contributed by atoms with Gasteiger partial charge in [0.25, 0.3) is 5.91 Å². The molecule has 5 heteroatoms. The van der Waals surface area contributed by atoms with E-state index in [9.17, 15) is 4.79 Å². The number of carbonyl (C=O) groups excluding carboxylic acids is 1. The molecule has 0 unspecified atom stereocenters. The fourth-order valence-electron chi connectivity index (χ4n) is 2.36. The van der Waals surface area contributed by atoms with Gasteiger partial charge in [-0.05, 0) is 12.0 Å². The molecule has 0 saturated carbocycles. The van der Waals surface area contributed by atoms with E-state index in [0.717, 1.165) is 12.0 Å². The number of nitrogens with two attached hydrogens (primary N) is 1. The Morgan fingerprint density at radius 2 is 1.62 bits per heavy atom. The highest BCUT2D eigenvalue weighted by Crippen LogP contribution is 2.17. The van der Waals surface area contributed by atoms with E-state index in [1.165, 1.54) is 5.56 Å². The van der Waals surface area contributed by atoms with E-state index < -0.39 is 5.91 Å². The lowest BCUT2D eigenvalue weighted by Gasteiger charge is -2.09. The molecule has 3 rings (SSSR count). The Labute approximate surface area is 140 Å². The molecule has 0 fully saturated rings. The molecule has 120 valence electrons. The van der Waals surface area contributed by atoms with Crippen molar-refractivity contribution >= 4 is 11.7 Å². The number of benzene rings is 2. The zero-order chi connectivity index (χ0) is 16.8. The van der Waals surface area contributed by atoms with Crippen molar-refractivity contribution in [1.82, 2.24) is 9.97 Å². The molecular formula is C19H18N4O. The van der Waals surface area contributed by atoms with Crippen LogP contribution < -0.4 is 11.1 Å². The lowest BCUT2D eigenvalue weighted by Crippen LogP contribution is -2.16. The van der Waals surface area contributed by atoms with E-state index in [1.54, 1.807) is 6.07 Å². The summed E-state index contributed by atoms with van der Waals surface area (Å²) in [5.41, 5.74) is 7.67. The Bertz CT molecular complexity index is 819. The SMILES string of the molecule is NC(=O)c1cc(NCCc2ccccc2)nc(-c2ccccc2)n1. The molecule has 2 aromatic carbocycles. The molecule has 0 atom stereocenters. The first-order valence-electron chi connectivity index (χ1n) is 7.74. The standard InChI is InChI=1S/C19H18N4O/c20-18(24)16-13-17(21-12-11-14-7-3-1-4-8-14)23-19(22-16)15-9-5-2-6-10-15/h1-10,13H,11-12H2,(H2,20,24)(H,21,22,23). The van der Waals surface area contributed by atoms with Crippen LogP contribution in [0.3, 0.4) is 0 Å². The lowest BCUT2D eigenvalue weighted by molar-refractivity contribution is 0.0995. The second-order valence-electron chi connectivity index (χ2n) is 5.35. The number of hydrogen-bond donors (Lipinski definition) is 2. The highest BCUT2D eigenvalue weighted by molar-refractivity contribution is 5.92. The van der Waals surface area contributed by atoms with Crippen molar-refractivity contribution < 1.29 is 4.79 Å². The monoisotopic (exact) mass is 318 g/mol. The van der Waals surface area contributed by atoms with E-state index in [0.29, 0.717) is 18.2 Å². The fraction of sp³-hybridized carbons (Fsp3) is 0.105. The number of rotatable bonds is 6. The van der Waals surface area contributed by atoms with Gasteiger partial charge in [0.05, 0.1) is 0 Å². The van der Waals surface area contributed by atoms with Crippen molar-refractivity contribution in [2.24, 2.45) is 5.73 Å². The van der Waals surface area contributed by atoms with Crippen LogP contribution in [0.1, 0.15) is 16.1 Å². The first-order valence-corrected chi connectivity index (χ1v) is 7.74. The summed E-state index contributed by atoms with van der Waals surface area (Å²) in [7, 11) is 0. The second kappa shape index (κ2) is 7.37. The molecule has 0 spiro atoms. The fourth-order valence-corrected chi connectivity index (χ4v) is 2.36. The van der Waals surface area contributed by atoms with Crippen LogP contribution in [0.2, 0.25) is 0 Å². The number of primary amides is 1. The largest absolute Gasteiger partial charge is 0.370 e. The van der Waals surface area contributed by atoms with Crippen LogP contribution in [0.5, 0.6) is 0 Å². The van der Waals surface area contributed by atoms with Gasteiger partial charge in [0.2, 0.25) is 0 Å². The van der Waals surface area contributed by atoms with Crippen molar-refractivity contribution in [1.29, 1.82) is 0 Å². The van der Waals surface area contributed by atoms with E-state index in [1.807, 2.05) is 48.5 Å². The molecular weight excluding hydrogens is 300 g/mol. The van der Waals surface area contributed by atoms with Gasteiger partial charge in [-0.1, -0.05) is 60.7 Å². The molecule has 0 saturated heterocycles.